The van der Waals surface area contributed by atoms with Crippen LogP contribution < -0.4 is 0 Å². The Bertz CT molecular complexity index is 577. The molecule has 0 aliphatic carbocycles. The molecule has 1 aromatic carbocycles. The number of nitriles is 1. The molecule has 2 aromatic rings. The summed E-state index contributed by atoms with van der Waals surface area (Å²) >= 11 is 0. The van der Waals surface area contributed by atoms with E-state index in [4.69, 9.17) is 9.78 Å². The average Bonchev–Trinajstić information content (AvgIpc) is 2.78. The minimum Gasteiger partial charge on any atom is -0.392 e. The van der Waals surface area contributed by atoms with Crippen molar-refractivity contribution in [2.75, 3.05) is 0 Å². The molecule has 1 atom stereocenters. The molecule has 5 nitrogen and oxygen atoms in total. The molecule has 92 valence electrons. The van der Waals surface area contributed by atoms with Gasteiger partial charge in [0.25, 0.3) is 0 Å². The highest BCUT2D eigenvalue weighted by Gasteiger charge is 2.15. The molecule has 0 aliphatic heterocycles. The van der Waals surface area contributed by atoms with Crippen LogP contribution in [0.3, 0.4) is 0 Å². The highest BCUT2D eigenvalue weighted by atomic mass is 19.1. The molecule has 0 aliphatic rings. The van der Waals surface area contributed by atoms with E-state index in [0.717, 1.165) is 0 Å². The minimum absolute atomic E-state index is 0.0165. The Hall–Kier alpha value is -2.26. The number of aliphatic hydroxyl groups excluding tert-OH is 1. The van der Waals surface area contributed by atoms with Gasteiger partial charge in [0.05, 0.1) is 30.6 Å². The monoisotopic (exact) mass is 247 g/mol. The van der Waals surface area contributed by atoms with E-state index in [1.807, 2.05) is 6.07 Å². The van der Waals surface area contributed by atoms with Gasteiger partial charge in [-0.05, 0) is 12.1 Å². The van der Waals surface area contributed by atoms with Crippen LogP contribution in [0.4, 0.5) is 4.39 Å². The fraction of sp³-hybridized carbons (Fsp3) is 0.250. The number of aromatic nitrogens is 2. The van der Waals surface area contributed by atoms with Crippen molar-refractivity contribution in [1.82, 2.24) is 10.1 Å². The van der Waals surface area contributed by atoms with Gasteiger partial charge in [-0.25, -0.2) is 4.39 Å². The first-order chi connectivity index (χ1) is 8.70. The number of aliphatic hydroxyl groups is 1. The molecule has 1 aromatic heterocycles. The van der Waals surface area contributed by atoms with E-state index >= 15 is 0 Å². The summed E-state index contributed by atoms with van der Waals surface area (Å²) in [7, 11) is 0. The van der Waals surface area contributed by atoms with Crippen LogP contribution >= 0.6 is 0 Å². The first-order valence-electron chi connectivity index (χ1n) is 5.33. The van der Waals surface area contributed by atoms with Gasteiger partial charge in [-0.3, -0.25) is 0 Å². The Balaban J connectivity index is 2.16. The van der Waals surface area contributed by atoms with E-state index in [1.54, 1.807) is 12.1 Å². The lowest BCUT2D eigenvalue weighted by Crippen LogP contribution is -2.09. The molecule has 0 fully saturated rings. The molecular weight excluding hydrogens is 237 g/mol. The van der Waals surface area contributed by atoms with Gasteiger partial charge in [0.1, 0.15) is 5.82 Å². The number of hydrogen-bond donors (Lipinski definition) is 1. The van der Waals surface area contributed by atoms with E-state index in [9.17, 15) is 9.50 Å². The molecule has 1 N–H and O–H groups in total. The van der Waals surface area contributed by atoms with Crippen LogP contribution in [0, 0.1) is 17.1 Å². The molecule has 0 saturated carbocycles. The Morgan fingerprint density at radius 3 is 2.94 bits per heavy atom. The highest BCUT2D eigenvalue weighted by Crippen LogP contribution is 2.19. The van der Waals surface area contributed by atoms with Crippen molar-refractivity contribution < 1.29 is 14.0 Å². The molecular formula is C12H10FN3O2. The maximum Gasteiger partial charge on any atom is 0.229 e. The molecule has 0 amide bonds. The zero-order chi connectivity index (χ0) is 13.0. The standard InChI is InChI=1S/C12H10FN3O2/c13-10-4-2-1-3-9(10)12-15-11(18-16-12)7-8(17)5-6-14/h1-4,8,17H,5,7H2. The molecule has 0 saturated heterocycles. The van der Waals surface area contributed by atoms with E-state index in [1.165, 1.54) is 12.1 Å². The SMILES string of the molecule is N#CCC(O)Cc1nc(-c2ccccc2F)no1. The minimum atomic E-state index is -0.857. The van der Waals surface area contributed by atoms with Gasteiger partial charge >= 0.3 is 0 Å². The Morgan fingerprint density at radius 1 is 1.44 bits per heavy atom. The summed E-state index contributed by atoms with van der Waals surface area (Å²) in [5.74, 6) is -0.134. The van der Waals surface area contributed by atoms with E-state index < -0.39 is 11.9 Å². The van der Waals surface area contributed by atoms with Crippen LogP contribution in [-0.4, -0.2) is 21.4 Å². The van der Waals surface area contributed by atoms with Crippen molar-refractivity contribution in [3.8, 4) is 17.5 Å². The molecule has 2 rings (SSSR count). The van der Waals surface area contributed by atoms with Crippen LogP contribution in [-0.2, 0) is 6.42 Å². The van der Waals surface area contributed by atoms with Gasteiger partial charge in [0.15, 0.2) is 0 Å². The van der Waals surface area contributed by atoms with Gasteiger partial charge in [-0.1, -0.05) is 17.3 Å². The number of benzene rings is 1. The lowest BCUT2D eigenvalue weighted by Gasteiger charge is -1.99. The third kappa shape index (κ3) is 2.70. The average molecular weight is 247 g/mol. The van der Waals surface area contributed by atoms with Crippen LogP contribution in [0.2, 0.25) is 0 Å². The van der Waals surface area contributed by atoms with Crippen molar-refractivity contribution in [3.63, 3.8) is 0 Å². The predicted octanol–water partition coefficient (Wildman–Crippen LogP) is 1.69. The third-order valence-corrected chi connectivity index (χ3v) is 2.32. The van der Waals surface area contributed by atoms with Crippen molar-refractivity contribution in [2.45, 2.75) is 18.9 Å². The van der Waals surface area contributed by atoms with E-state index in [0.29, 0.717) is 0 Å². The second-order valence-corrected chi connectivity index (χ2v) is 3.71. The van der Waals surface area contributed by atoms with Crippen LogP contribution in [0.1, 0.15) is 12.3 Å². The Kier molecular flexibility index (Phi) is 3.65. The molecule has 6 heteroatoms. The van der Waals surface area contributed by atoms with Crippen LogP contribution in [0.15, 0.2) is 28.8 Å². The summed E-state index contributed by atoms with van der Waals surface area (Å²) in [6, 6.07) is 7.91. The molecule has 1 unspecified atom stereocenters. The first kappa shape index (κ1) is 12.2. The predicted molar refractivity (Wildman–Crippen MR) is 59.6 cm³/mol. The Morgan fingerprint density at radius 2 is 2.22 bits per heavy atom. The molecule has 0 radical (unpaired) electrons. The van der Waals surface area contributed by atoms with Crippen molar-refractivity contribution >= 4 is 0 Å². The summed E-state index contributed by atoms with van der Waals surface area (Å²) in [4.78, 5) is 3.98. The van der Waals surface area contributed by atoms with Gasteiger partial charge in [0, 0.05) is 0 Å². The topological polar surface area (TPSA) is 82.9 Å². The summed E-state index contributed by atoms with van der Waals surface area (Å²) < 4.78 is 18.3. The fourth-order valence-corrected chi connectivity index (χ4v) is 1.47. The smallest absolute Gasteiger partial charge is 0.229 e. The second kappa shape index (κ2) is 5.38. The van der Waals surface area contributed by atoms with Gasteiger partial charge in [-0.15, -0.1) is 0 Å². The van der Waals surface area contributed by atoms with Gasteiger partial charge < -0.3 is 9.63 Å². The first-order valence-corrected chi connectivity index (χ1v) is 5.33. The molecule has 0 spiro atoms. The van der Waals surface area contributed by atoms with E-state index in [-0.39, 0.29) is 30.1 Å². The highest BCUT2D eigenvalue weighted by molar-refractivity contribution is 5.54. The number of rotatable bonds is 4. The normalized spacial score (nSPS) is 12.1. The number of hydrogen-bond acceptors (Lipinski definition) is 5. The van der Waals surface area contributed by atoms with Gasteiger partial charge in [0.2, 0.25) is 11.7 Å². The maximum atomic E-state index is 13.5. The van der Waals surface area contributed by atoms with Crippen molar-refractivity contribution in [1.29, 1.82) is 5.26 Å². The van der Waals surface area contributed by atoms with Crippen molar-refractivity contribution in [3.05, 3.63) is 36.0 Å². The fourth-order valence-electron chi connectivity index (χ4n) is 1.47. The number of halogens is 1. The molecule has 1 heterocycles. The lowest BCUT2D eigenvalue weighted by atomic mass is 10.2. The van der Waals surface area contributed by atoms with Crippen LogP contribution in [0.25, 0.3) is 11.4 Å². The Labute approximate surface area is 102 Å². The summed E-state index contributed by atoms with van der Waals surface area (Å²) in [6.07, 6.45) is -0.796. The lowest BCUT2D eigenvalue weighted by molar-refractivity contribution is 0.167. The van der Waals surface area contributed by atoms with Gasteiger partial charge in [-0.2, -0.15) is 10.2 Å². The van der Waals surface area contributed by atoms with Crippen LogP contribution in [0.5, 0.6) is 0 Å². The zero-order valence-electron chi connectivity index (χ0n) is 9.38. The maximum absolute atomic E-state index is 13.5. The summed E-state index contributed by atoms with van der Waals surface area (Å²) in [6.45, 7) is 0. The molecule has 18 heavy (non-hydrogen) atoms. The third-order valence-electron chi connectivity index (χ3n) is 2.32. The van der Waals surface area contributed by atoms with E-state index in [2.05, 4.69) is 10.1 Å². The largest absolute Gasteiger partial charge is 0.392 e. The summed E-state index contributed by atoms with van der Waals surface area (Å²) in [5, 5.41) is 21.5. The number of nitrogens with zero attached hydrogens (tertiary/aromatic N) is 3. The quantitative estimate of drug-likeness (QED) is 0.888. The summed E-state index contributed by atoms with van der Waals surface area (Å²) in [5.41, 5.74) is 0.238. The second-order valence-electron chi connectivity index (χ2n) is 3.71. The van der Waals surface area contributed by atoms with Crippen molar-refractivity contribution in [2.24, 2.45) is 0 Å². The zero-order valence-corrected chi connectivity index (χ0v) is 9.38. The molecule has 0 bridgehead atoms.